The Morgan fingerprint density at radius 3 is 2.52 bits per heavy atom. The third-order valence-corrected chi connectivity index (χ3v) is 4.02. The SMILES string of the molecule is Cc1ccccc1Nc1cnc(OCc2ccccc2)c(Br)c1. The first kappa shape index (κ1) is 15.6. The number of halogens is 1. The van der Waals surface area contributed by atoms with E-state index in [0.29, 0.717) is 12.5 Å². The van der Waals surface area contributed by atoms with E-state index in [1.54, 1.807) is 6.20 Å². The second-order valence-corrected chi connectivity index (χ2v) is 6.08. The van der Waals surface area contributed by atoms with Gasteiger partial charge in [0.05, 0.1) is 16.4 Å². The van der Waals surface area contributed by atoms with Gasteiger partial charge in [-0.15, -0.1) is 0 Å². The number of rotatable bonds is 5. The number of nitrogens with zero attached hydrogens (tertiary/aromatic N) is 1. The molecule has 1 heterocycles. The Hall–Kier alpha value is -2.33. The second kappa shape index (κ2) is 7.29. The summed E-state index contributed by atoms with van der Waals surface area (Å²) in [6.07, 6.45) is 1.78. The van der Waals surface area contributed by atoms with E-state index >= 15 is 0 Å². The summed E-state index contributed by atoms with van der Waals surface area (Å²) in [5, 5.41) is 3.37. The molecule has 4 heteroatoms. The van der Waals surface area contributed by atoms with Crippen molar-refractivity contribution in [3.63, 3.8) is 0 Å². The van der Waals surface area contributed by atoms with Gasteiger partial charge >= 0.3 is 0 Å². The van der Waals surface area contributed by atoms with Crippen molar-refractivity contribution in [2.45, 2.75) is 13.5 Å². The van der Waals surface area contributed by atoms with E-state index < -0.39 is 0 Å². The predicted octanol–water partition coefficient (Wildman–Crippen LogP) is 5.48. The lowest BCUT2D eigenvalue weighted by Crippen LogP contribution is -1.99. The zero-order chi connectivity index (χ0) is 16.1. The van der Waals surface area contributed by atoms with E-state index in [-0.39, 0.29) is 0 Å². The molecular weight excluding hydrogens is 352 g/mol. The number of pyridine rings is 1. The molecule has 0 radical (unpaired) electrons. The molecule has 3 rings (SSSR count). The van der Waals surface area contributed by atoms with Gasteiger partial charge < -0.3 is 10.1 Å². The van der Waals surface area contributed by atoms with Gasteiger partial charge in [0.15, 0.2) is 0 Å². The zero-order valence-electron chi connectivity index (χ0n) is 12.8. The van der Waals surface area contributed by atoms with Crippen LogP contribution in [0.2, 0.25) is 0 Å². The molecule has 2 aromatic carbocycles. The quantitative estimate of drug-likeness (QED) is 0.647. The molecule has 0 bridgehead atoms. The molecular formula is C19H17BrN2O. The van der Waals surface area contributed by atoms with E-state index in [1.807, 2.05) is 54.6 Å². The van der Waals surface area contributed by atoms with Crippen LogP contribution in [0.5, 0.6) is 5.88 Å². The summed E-state index contributed by atoms with van der Waals surface area (Å²) in [4.78, 5) is 4.39. The van der Waals surface area contributed by atoms with Gasteiger partial charge in [-0.2, -0.15) is 0 Å². The van der Waals surface area contributed by atoms with Crippen LogP contribution < -0.4 is 10.1 Å². The first-order valence-corrected chi connectivity index (χ1v) is 8.16. The molecule has 1 aromatic heterocycles. The number of para-hydroxylation sites is 1. The fourth-order valence-electron chi connectivity index (χ4n) is 2.19. The van der Waals surface area contributed by atoms with Crippen LogP contribution in [0.25, 0.3) is 0 Å². The highest BCUT2D eigenvalue weighted by Crippen LogP contribution is 2.28. The Morgan fingerprint density at radius 2 is 1.78 bits per heavy atom. The van der Waals surface area contributed by atoms with Gasteiger partial charge in [0, 0.05) is 5.69 Å². The lowest BCUT2D eigenvalue weighted by atomic mass is 10.2. The van der Waals surface area contributed by atoms with Gasteiger partial charge in [0.1, 0.15) is 6.61 Å². The topological polar surface area (TPSA) is 34.2 Å². The van der Waals surface area contributed by atoms with Crippen molar-refractivity contribution in [2.75, 3.05) is 5.32 Å². The molecule has 0 saturated carbocycles. The molecule has 1 N–H and O–H groups in total. The maximum atomic E-state index is 5.77. The molecule has 0 spiro atoms. The fraction of sp³-hybridized carbons (Fsp3) is 0.105. The highest BCUT2D eigenvalue weighted by atomic mass is 79.9. The van der Waals surface area contributed by atoms with Gasteiger partial charge in [-0.1, -0.05) is 48.5 Å². The minimum atomic E-state index is 0.497. The van der Waals surface area contributed by atoms with Gasteiger partial charge in [0.2, 0.25) is 5.88 Å². The Kier molecular flexibility index (Phi) is 4.93. The standard InChI is InChI=1S/C19H17BrN2O/c1-14-7-5-6-10-18(14)22-16-11-17(20)19(21-12-16)23-13-15-8-3-2-4-9-15/h2-12,22H,13H2,1H3. The summed E-state index contributed by atoms with van der Waals surface area (Å²) in [5.41, 5.74) is 4.29. The third kappa shape index (κ3) is 4.11. The minimum Gasteiger partial charge on any atom is -0.472 e. The van der Waals surface area contributed by atoms with Crippen molar-refractivity contribution in [3.8, 4) is 5.88 Å². The van der Waals surface area contributed by atoms with Crippen LogP contribution in [0.15, 0.2) is 71.3 Å². The summed E-state index contributed by atoms with van der Waals surface area (Å²) in [5.74, 6) is 0.587. The van der Waals surface area contributed by atoms with Crippen LogP contribution in [0.4, 0.5) is 11.4 Å². The summed E-state index contributed by atoms with van der Waals surface area (Å²) in [7, 11) is 0. The van der Waals surface area contributed by atoms with E-state index in [4.69, 9.17) is 4.74 Å². The number of benzene rings is 2. The fourth-order valence-corrected chi connectivity index (χ4v) is 2.66. The van der Waals surface area contributed by atoms with Gasteiger partial charge in [-0.05, 0) is 46.1 Å². The predicted molar refractivity (Wildman–Crippen MR) is 97.2 cm³/mol. The molecule has 116 valence electrons. The van der Waals surface area contributed by atoms with Crippen molar-refractivity contribution in [1.29, 1.82) is 0 Å². The first-order valence-electron chi connectivity index (χ1n) is 7.37. The number of aryl methyl sites for hydroxylation is 1. The van der Waals surface area contributed by atoms with Gasteiger partial charge in [-0.3, -0.25) is 0 Å². The minimum absolute atomic E-state index is 0.497. The van der Waals surface area contributed by atoms with Gasteiger partial charge in [0.25, 0.3) is 0 Å². The maximum absolute atomic E-state index is 5.77. The van der Waals surface area contributed by atoms with Crippen LogP contribution in [-0.4, -0.2) is 4.98 Å². The summed E-state index contributed by atoms with van der Waals surface area (Å²) < 4.78 is 6.59. The number of ether oxygens (including phenoxy) is 1. The monoisotopic (exact) mass is 368 g/mol. The summed E-state index contributed by atoms with van der Waals surface area (Å²) in [6.45, 7) is 2.57. The van der Waals surface area contributed by atoms with E-state index in [9.17, 15) is 0 Å². The molecule has 0 fully saturated rings. The number of nitrogens with one attached hydrogen (secondary N) is 1. The molecule has 23 heavy (non-hydrogen) atoms. The van der Waals surface area contributed by atoms with Gasteiger partial charge in [-0.25, -0.2) is 4.98 Å². The van der Waals surface area contributed by atoms with Crippen LogP contribution in [0, 0.1) is 6.92 Å². The van der Waals surface area contributed by atoms with Crippen molar-refractivity contribution in [1.82, 2.24) is 4.98 Å². The largest absolute Gasteiger partial charge is 0.472 e. The van der Waals surface area contributed by atoms with Crippen LogP contribution in [-0.2, 0) is 6.61 Å². The average molecular weight is 369 g/mol. The van der Waals surface area contributed by atoms with Crippen LogP contribution >= 0.6 is 15.9 Å². The molecule has 3 nitrogen and oxygen atoms in total. The van der Waals surface area contributed by atoms with Crippen LogP contribution in [0.1, 0.15) is 11.1 Å². The number of hydrogen-bond acceptors (Lipinski definition) is 3. The lowest BCUT2D eigenvalue weighted by molar-refractivity contribution is 0.292. The number of aromatic nitrogens is 1. The van der Waals surface area contributed by atoms with Crippen LogP contribution in [0.3, 0.4) is 0 Å². The van der Waals surface area contributed by atoms with E-state index in [2.05, 4.69) is 39.2 Å². The average Bonchev–Trinajstić information content (AvgIpc) is 2.57. The zero-order valence-corrected chi connectivity index (χ0v) is 14.4. The Morgan fingerprint density at radius 1 is 1.04 bits per heavy atom. The normalized spacial score (nSPS) is 10.3. The maximum Gasteiger partial charge on any atom is 0.228 e. The summed E-state index contributed by atoms with van der Waals surface area (Å²) >= 11 is 3.53. The molecule has 0 atom stereocenters. The van der Waals surface area contributed by atoms with E-state index in [0.717, 1.165) is 21.4 Å². The molecule has 0 aliphatic rings. The molecule has 0 unspecified atom stereocenters. The third-order valence-electron chi connectivity index (χ3n) is 3.45. The van der Waals surface area contributed by atoms with Crippen molar-refractivity contribution in [2.24, 2.45) is 0 Å². The number of anilines is 2. The highest BCUT2D eigenvalue weighted by molar-refractivity contribution is 9.10. The molecule has 0 aliphatic heterocycles. The lowest BCUT2D eigenvalue weighted by Gasteiger charge is -2.11. The molecule has 0 amide bonds. The Balaban J connectivity index is 1.69. The van der Waals surface area contributed by atoms with E-state index in [1.165, 1.54) is 5.56 Å². The Labute approximate surface area is 144 Å². The smallest absolute Gasteiger partial charge is 0.228 e. The number of hydrogen-bond donors (Lipinski definition) is 1. The van der Waals surface area contributed by atoms with Crippen molar-refractivity contribution in [3.05, 3.63) is 82.5 Å². The van der Waals surface area contributed by atoms with Crippen molar-refractivity contribution < 1.29 is 4.74 Å². The first-order chi connectivity index (χ1) is 11.2. The molecule has 0 saturated heterocycles. The van der Waals surface area contributed by atoms with Crippen molar-refractivity contribution >= 4 is 27.3 Å². The Bertz CT molecular complexity index is 790. The highest BCUT2D eigenvalue weighted by Gasteiger charge is 2.06. The molecule has 0 aliphatic carbocycles. The molecule has 3 aromatic rings. The second-order valence-electron chi connectivity index (χ2n) is 5.23. The summed E-state index contributed by atoms with van der Waals surface area (Å²) in [6, 6.07) is 20.2.